The summed E-state index contributed by atoms with van der Waals surface area (Å²) in [5.74, 6) is 0.183. The second-order valence-corrected chi connectivity index (χ2v) is 9.84. The first-order valence-corrected chi connectivity index (χ1v) is 12.5. The third-order valence-electron chi connectivity index (χ3n) is 6.83. The molecule has 0 aliphatic carbocycles. The van der Waals surface area contributed by atoms with Crippen molar-refractivity contribution in [1.82, 2.24) is 15.1 Å². The predicted octanol–water partition coefficient (Wildman–Crippen LogP) is 4.92. The van der Waals surface area contributed by atoms with Gasteiger partial charge in [-0.2, -0.15) is 13.2 Å². The van der Waals surface area contributed by atoms with Crippen LogP contribution in [-0.4, -0.2) is 52.6 Å². The number of halogens is 4. The highest BCUT2D eigenvalue weighted by Crippen LogP contribution is 2.46. The van der Waals surface area contributed by atoms with E-state index in [9.17, 15) is 23.1 Å². The van der Waals surface area contributed by atoms with Gasteiger partial charge in [0.15, 0.2) is 6.35 Å². The molecule has 2 heterocycles. The number of benzene rings is 3. The van der Waals surface area contributed by atoms with Crippen LogP contribution in [0.2, 0.25) is 5.02 Å². The zero-order valence-electron chi connectivity index (χ0n) is 20.5. The number of aliphatic hydroxyl groups excluding tert-OH is 1. The largest absolute Gasteiger partial charge is 0.416 e. The number of amides is 1. The van der Waals surface area contributed by atoms with E-state index in [-0.39, 0.29) is 12.5 Å². The van der Waals surface area contributed by atoms with Crippen molar-refractivity contribution in [1.29, 1.82) is 0 Å². The zero-order chi connectivity index (χ0) is 27.0. The SMILES string of the molecule is Cc1cccc(C2C(c3ccc(C(F)(F)F)cc3)N=C(c3ccccc3Cl)N2C(O)N2CCNC(=O)C2)c1. The number of rotatable bonds is 5. The Balaban J connectivity index is 1.67. The smallest absolute Gasteiger partial charge is 0.361 e. The van der Waals surface area contributed by atoms with Crippen LogP contribution < -0.4 is 5.32 Å². The van der Waals surface area contributed by atoms with Crippen LogP contribution in [0.15, 0.2) is 77.8 Å². The number of aliphatic imine (C=N–C) groups is 1. The van der Waals surface area contributed by atoms with E-state index >= 15 is 0 Å². The number of aliphatic hydroxyl groups is 1. The van der Waals surface area contributed by atoms with Crippen LogP contribution in [0.25, 0.3) is 0 Å². The normalized spacial score (nSPS) is 21.3. The van der Waals surface area contributed by atoms with Crippen molar-refractivity contribution >= 4 is 23.3 Å². The summed E-state index contributed by atoms with van der Waals surface area (Å²) in [5.41, 5.74) is 2.17. The minimum Gasteiger partial charge on any atom is -0.361 e. The lowest BCUT2D eigenvalue weighted by molar-refractivity contribution is -0.138. The van der Waals surface area contributed by atoms with Gasteiger partial charge in [-0.15, -0.1) is 0 Å². The molecule has 198 valence electrons. The maximum Gasteiger partial charge on any atom is 0.416 e. The molecule has 3 atom stereocenters. The number of carbonyl (C=O) groups excluding carboxylic acids is 1. The van der Waals surface area contributed by atoms with E-state index in [0.717, 1.165) is 23.3 Å². The Morgan fingerprint density at radius 2 is 1.79 bits per heavy atom. The third-order valence-corrected chi connectivity index (χ3v) is 7.16. The van der Waals surface area contributed by atoms with Gasteiger partial charge in [-0.1, -0.05) is 65.7 Å². The first kappa shape index (κ1) is 26.2. The fraction of sp³-hybridized carbons (Fsp3) is 0.286. The molecule has 3 aromatic rings. The predicted molar refractivity (Wildman–Crippen MR) is 139 cm³/mol. The maximum atomic E-state index is 13.3. The van der Waals surface area contributed by atoms with E-state index in [2.05, 4.69) is 5.32 Å². The minimum atomic E-state index is -4.47. The molecule has 38 heavy (non-hydrogen) atoms. The number of hydrogen-bond donors (Lipinski definition) is 2. The van der Waals surface area contributed by atoms with E-state index in [4.69, 9.17) is 16.6 Å². The molecule has 5 rings (SSSR count). The molecule has 2 aliphatic rings. The third kappa shape index (κ3) is 5.14. The second-order valence-electron chi connectivity index (χ2n) is 9.43. The number of alkyl halides is 3. The van der Waals surface area contributed by atoms with Gasteiger partial charge in [0.05, 0.1) is 23.2 Å². The lowest BCUT2D eigenvalue weighted by Gasteiger charge is -2.41. The van der Waals surface area contributed by atoms with Crippen LogP contribution in [0.4, 0.5) is 13.2 Å². The van der Waals surface area contributed by atoms with Gasteiger partial charge in [0.25, 0.3) is 0 Å². The van der Waals surface area contributed by atoms with Crippen molar-refractivity contribution in [3.8, 4) is 0 Å². The van der Waals surface area contributed by atoms with Crippen LogP contribution >= 0.6 is 11.6 Å². The number of nitrogens with zero attached hydrogens (tertiary/aromatic N) is 3. The highest BCUT2D eigenvalue weighted by atomic mass is 35.5. The number of carbonyl (C=O) groups is 1. The molecule has 0 bridgehead atoms. The summed E-state index contributed by atoms with van der Waals surface area (Å²) in [7, 11) is 0. The summed E-state index contributed by atoms with van der Waals surface area (Å²) in [4.78, 5) is 20.5. The highest BCUT2D eigenvalue weighted by Gasteiger charge is 2.44. The molecular formula is C28H26ClF3N4O2. The van der Waals surface area contributed by atoms with Crippen LogP contribution in [0.1, 0.15) is 39.9 Å². The molecule has 1 saturated heterocycles. The van der Waals surface area contributed by atoms with E-state index in [1.165, 1.54) is 12.1 Å². The number of nitrogens with one attached hydrogen (secondary N) is 1. The molecular weight excluding hydrogens is 517 g/mol. The molecule has 6 nitrogen and oxygen atoms in total. The van der Waals surface area contributed by atoms with Gasteiger partial charge in [0, 0.05) is 18.7 Å². The number of piperazine rings is 1. The average Bonchev–Trinajstić information content (AvgIpc) is 3.28. The topological polar surface area (TPSA) is 68.2 Å². The molecule has 2 N–H and O–H groups in total. The molecule has 0 saturated carbocycles. The molecule has 3 aromatic carbocycles. The molecule has 10 heteroatoms. The van der Waals surface area contributed by atoms with Crippen molar-refractivity contribution in [2.45, 2.75) is 31.5 Å². The quantitative estimate of drug-likeness (QED) is 0.480. The molecule has 0 aromatic heterocycles. The van der Waals surface area contributed by atoms with Crippen LogP contribution in [-0.2, 0) is 11.0 Å². The van der Waals surface area contributed by atoms with Gasteiger partial charge >= 0.3 is 6.18 Å². The van der Waals surface area contributed by atoms with E-state index < -0.39 is 30.2 Å². The summed E-state index contributed by atoms with van der Waals surface area (Å²) in [6.07, 6.45) is -5.71. The first-order chi connectivity index (χ1) is 18.1. The molecule has 3 unspecified atom stereocenters. The van der Waals surface area contributed by atoms with Gasteiger partial charge < -0.3 is 15.3 Å². The Morgan fingerprint density at radius 3 is 2.45 bits per heavy atom. The number of aryl methyl sites for hydroxylation is 1. The molecule has 1 amide bonds. The zero-order valence-corrected chi connectivity index (χ0v) is 21.2. The van der Waals surface area contributed by atoms with E-state index in [1.54, 1.807) is 34.1 Å². The average molecular weight is 543 g/mol. The molecule has 0 radical (unpaired) electrons. The van der Waals surface area contributed by atoms with Crippen molar-refractivity contribution in [2.24, 2.45) is 4.99 Å². The lowest BCUT2D eigenvalue weighted by Crippen LogP contribution is -2.58. The van der Waals surface area contributed by atoms with Crippen LogP contribution in [0.3, 0.4) is 0 Å². The van der Waals surface area contributed by atoms with Crippen molar-refractivity contribution in [3.63, 3.8) is 0 Å². The summed E-state index contributed by atoms with van der Waals surface area (Å²) >= 11 is 6.58. The first-order valence-electron chi connectivity index (χ1n) is 12.2. The van der Waals surface area contributed by atoms with Gasteiger partial charge in [-0.3, -0.25) is 9.79 Å². The summed E-state index contributed by atoms with van der Waals surface area (Å²) < 4.78 is 39.9. The van der Waals surface area contributed by atoms with Crippen molar-refractivity contribution in [2.75, 3.05) is 19.6 Å². The van der Waals surface area contributed by atoms with Gasteiger partial charge in [-0.25, -0.2) is 4.90 Å². The fourth-order valence-electron chi connectivity index (χ4n) is 5.01. The van der Waals surface area contributed by atoms with Crippen LogP contribution in [0, 0.1) is 6.92 Å². The Hall–Kier alpha value is -3.40. The summed E-state index contributed by atoms with van der Waals surface area (Å²) in [5, 5.41) is 14.9. The lowest BCUT2D eigenvalue weighted by atomic mass is 9.92. The molecule has 2 aliphatic heterocycles. The summed E-state index contributed by atoms with van der Waals surface area (Å²) in [6, 6.07) is 18.5. The van der Waals surface area contributed by atoms with E-state index in [0.29, 0.717) is 35.1 Å². The highest BCUT2D eigenvalue weighted by molar-refractivity contribution is 6.34. The van der Waals surface area contributed by atoms with Gasteiger partial charge in [0.2, 0.25) is 5.91 Å². The van der Waals surface area contributed by atoms with Crippen LogP contribution in [0.5, 0.6) is 0 Å². The number of hydrogen-bond acceptors (Lipinski definition) is 5. The monoisotopic (exact) mass is 542 g/mol. The molecule has 0 spiro atoms. The fourth-order valence-corrected chi connectivity index (χ4v) is 5.23. The Labute approximate surface area is 223 Å². The van der Waals surface area contributed by atoms with E-state index in [1.807, 2.05) is 31.2 Å². The number of amidine groups is 1. The Kier molecular flexibility index (Phi) is 7.17. The van der Waals surface area contributed by atoms with Crippen molar-refractivity contribution < 1.29 is 23.1 Å². The minimum absolute atomic E-state index is 0.0149. The maximum absolute atomic E-state index is 13.3. The van der Waals surface area contributed by atoms with Crippen molar-refractivity contribution in [3.05, 3.63) is 106 Å². The second kappa shape index (κ2) is 10.4. The Bertz CT molecular complexity index is 1360. The standard InChI is InChI=1S/C28H26ClF3N4O2/c1-17-5-4-6-19(15-17)25-24(18-9-11-20(12-10-18)28(30,31)32)34-26(21-7-2-3-8-22(21)29)36(25)27(38)35-14-13-33-23(37)16-35/h2-12,15,24-25,27,38H,13-14,16H2,1H3,(H,33,37). The molecule has 1 fully saturated rings. The summed E-state index contributed by atoms with van der Waals surface area (Å²) in [6.45, 7) is 2.71. The van der Waals surface area contributed by atoms with Gasteiger partial charge in [0.1, 0.15) is 11.9 Å². The van der Waals surface area contributed by atoms with Gasteiger partial charge in [-0.05, 0) is 42.3 Å². The Morgan fingerprint density at radius 1 is 1.05 bits per heavy atom.